The average Bonchev–Trinajstić information content (AvgIpc) is 0. The van der Waals surface area contributed by atoms with Crippen molar-refractivity contribution < 1.29 is 64.0 Å². The zero-order chi connectivity index (χ0) is 0. The predicted octanol–water partition coefficient (Wildman–Crippen LogP) is -4.49. The molecule has 10 heavy (non-hydrogen) atoms. The van der Waals surface area contributed by atoms with E-state index in [1.165, 1.54) is 0 Å². The van der Waals surface area contributed by atoms with Crippen LogP contribution in [-0.2, 0) is 17.1 Å². The van der Waals surface area contributed by atoms with Crippen molar-refractivity contribution in [1.29, 1.82) is 0 Å². The van der Waals surface area contributed by atoms with Gasteiger partial charge in [0.25, 0.3) is 0 Å². The second-order valence-corrected chi connectivity index (χ2v) is 0. The molecule has 0 unspecified atom stereocenters. The third-order valence-electron chi connectivity index (χ3n) is 0. The maximum Gasteiger partial charge on any atom is 0 e. The van der Waals surface area contributed by atoms with E-state index in [9.17, 15) is 0 Å². The average molecular weight is 224 g/mol. The Kier molecular flexibility index (Phi) is 2100000000. The van der Waals surface area contributed by atoms with Gasteiger partial charge in [-0.2, -0.15) is 0 Å². The van der Waals surface area contributed by atoms with Gasteiger partial charge in [-0.3, -0.25) is 14.1 Å². The van der Waals surface area contributed by atoms with Crippen molar-refractivity contribution in [3.63, 3.8) is 0 Å². The van der Waals surface area contributed by atoms with Crippen molar-refractivity contribution in [2.75, 3.05) is 0 Å². The SMILES string of the molecule is F.F.F.O.O.O.O.O.O.[Fe]. The van der Waals surface area contributed by atoms with E-state index in [1.54, 1.807) is 0 Å². The van der Waals surface area contributed by atoms with Crippen LogP contribution in [0.5, 0.6) is 0 Å². The molecule has 0 saturated carbocycles. The van der Waals surface area contributed by atoms with E-state index in [-0.39, 0.29) is 64.0 Å². The molecule has 0 atom stereocenters. The van der Waals surface area contributed by atoms with Gasteiger partial charge in [-0.15, -0.1) is 0 Å². The van der Waals surface area contributed by atoms with Gasteiger partial charge in [0, 0.05) is 17.1 Å². The Hall–Kier alpha value is 0.0695. The summed E-state index contributed by atoms with van der Waals surface area (Å²) < 4.78 is 0. The molecule has 80 valence electrons. The Morgan fingerprint density at radius 3 is 0.300 bits per heavy atom. The van der Waals surface area contributed by atoms with Gasteiger partial charge in [-0.05, 0) is 0 Å². The van der Waals surface area contributed by atoms with Crippen LogP contribution in [0.3, 0.4) is 0 Å². The third kappa shape index (κ3) is 83500. The zero-order valence-electron chi connectivity index (χ0n) is 4.58. The van der Waals surface area contributed by atoms with E-state index in [4.69, 9.17) is 0 Å². The van der Waals surface area contributed by atoms with Crippen molar-refractivity contribution in [3.05, 3.63) is 0 Å². The molecule has 10 heteroatoms. The van der Waals surface area contributed by atoms with E-state index in [0.29, 0.717) is 0 Å². The second kappa shape index (κ2) is 122000. The smallest absolute Gasteiger partial charge is 0 e. The van der Waals surface area contributed by atoms with Gasteiger partial charge in [0.05, 0.1) is 0 Å². The monoisotopic (exact) mass is 224 g/mol. The van der Waals surface area contributed by atoms with Crippen LogP contribution in [-0.4, -0.2) is 32.9 Å². The minimum absolute atomic E-state index is 0. The summed E-state index contributed by atoms with van der Waals surface area (Å²) in [5, 5.41) is 0. The van der Waals surface area contributed by atoms with Crippen molar-refractivity contribution in [2.24, 2.45) is 0 Å². The Morgan fingerprint density at radius 2 is 0.300 bits per heavy atom. The molecule has 0 aromatic rings. The second-order valence-electron chi connectivity index (χ2n) is 0. The molecule has 0 radical (unpaired) electrons. The molecular formula is H15F3FeO6. The summed E-state index contributed by atoms with van der Waals surface area (Å²) in [5.74, 6) is 0. The molecule has 0 aromatic heterocycles. The Balaban J connectivity index is 0. The maximum absolute atomic E-state index is 0. The molecule has 0 aliphatic rings. The summed E-state index contributed by atoms with van der Waals surface area (Å²) in [6, 6.07) is 0. The molecule has 0 fully saturated rings. The van der Waals surface area contributed by atoms with Crippen LogP contribution in [0.4, 0.5) is 14.1 Å². The Labute approximate surface area is 65.0 Å². The van der Waals surface area contributed by atoms with E-state index in [0.717, 1.165) is 0 Å². The zero-order valence-corrected chi connectivity index (χ0v) is 5.68. The molecule has 0 rings (SSSR count). The third-order valence-corrected chi connectivity index (χ3v) is 0. The Bertz CT molecular complexity index is 13.0. The van der Waals surface area contributed by atoms with Gasteiger partial charge < -0.3 is 32.9 Å². The number of rotatable bonds is 0. The van der Waals surface area contributed by atoms with Crippen molar-refractivity contribution >= 4 is 0 Å². The summed E-state index contributed by atoms with van der Waals surface area (Å²) in [5.41, 5.74) is 0. The van der Waals surface area contributed by atoms with Crippen LogP contribution >= 0.6 is 0 Å². The first-order valence-corrected chi connectivity index (χ1v) is 0. The number of halogens is 3. The predicted molar refractivity (Wildman–Crippen MR) is 29.2 cm³/mol. The summed E-state index contributed by atoms with van der Waals surface area (Å²) >= 11 is 0. The van der Waals surface area contributed by atoms with E-state index < -0.39 is 0 Å². The van der Waals surface area contributed by atoms with Crippen LogP contribution < -0.4 is 0 Å². The van der Waals surface area contributed by atoms with Crippen LogP contribution in [0.25, 0.3) is 0 Å². The van der Waals surface area contributed by atoms with Gasteiger partial charge in [-0.1, -0.05) is 0 Å². The topological polar surface area (TPSA) is 189 Å². The molecule has 0 saturated heterocycles. The van der Waals surface area contributed by atoms with Crippen molar-refractivity contribution in [3.8, 4) is 0 Å². The molecule has 12 N–H and O–H groups in total. The molecule has 0 aliphatic heterocycles. The first-order valence-electron chi connectivity index (χ1n) is 0. The first kappa shape index (κ1) is 172000. The summed E-state index contributed by atoms with van der Waals surface area (Å²) in [7, 11) is 0. The molecule has 0 aliphatic carbocycles. The van der Waals surface area contributed by atoms with Crippen molar-refractivity contribution in [1.82, 2.24) is 0 Å². The molecule has 0 aromatic carbocycles. The molecule has 0 heterocycles. The Morgan fingerprint density at radius 1 is 0.300 bits per heavy atom. The summed E-state index contributed by atoms with van der Waals surface area (Å²) in [6.45, 7) is 0. The molecule has 0 amide bonds. The fourth-order valence-corrected chi connectivity index (χ4v) is 0. The van der Waals surface area contributed by atoms with Gasteiger partial charge in [0.2, 0.25) is 0 Å². The summed E-state index contributed by atoms with van der Waals surface area (Å²) in [6.07, 6.45) is 0. The minimum Gasteiger partial charge on any atom is -0.412 e. The van der Waals surface area contributed by atoms with Crippen LogP contribution in [0.2, 0.25) is 0 Å². The van der Waals surface area contributed by atoms with E-state index >= 15 is 0 Å². The van der Waals surface area contributed by atoms with Crippen molar-refractivity contribution in [2.45, 2.75) is 0 Å². The van der Waals surface area contributed by atoms with Gasteiger partial charge in [0.1, 0.15) is 0 Å². The molecule has 6 nitrogen and oxygen atoms in total. The van der Waals surface area contributed by atoms with Gasteiger partial charge in [0.15, 0.2) is 0 Å². The minimum atomic E-state index is 0. The quantitative estimate of drug-likeness (QED) is 0.358. The normalized spacial score (nSPS) is 0. The van der Waals surface area contributed by atoms with Crippen LogP contribution in [0.15, 0.2) is 0 Å². The fraction of sp³-hybridized carbons (Fsp3) is 0. The maximum atomic E-state index is 0. The van der Waals surface area contributed by atoms with Crippen LogP contribution in [0.1, 0.15) is 0 Å². The molecule has 0 bridgehead atoms. The van der Waals surface area contributed by atoms with E-state index in [2.05, 4.69) is 0 Å². The van der Waals surface area contributed by atoms with Gasteiger partial charge >= 0.3 is 0 Å². The number of hydrogen-bond donors (Lipinski definition) is 0. The standard InChI is InChI=1S/3FH.Fe.6H2O/h3*1H;;6*1H2. The number of hydrogen-bond acceptors (Lipinski definition) is 0. The molecule has 0 spiro atoms. The summed E-state index contributed by atoms with van der Waals surface area (Å²) in [4.78, 5) is 0. The van der Waals surface area contributed by atoms with Gasteiger partial charge in [-0.25, -0.2) is 0 Å². The van der Waals surface area contributed by atoms with E-state index in [1.807, 2.05) is 0 Å². The first-order chi connectivity index (χ1) is 0. The fourth-order valence-electron chi connectivity index (χ4n) is 0. The molecular weight excluding hydrogens is 209 g/mol. The van der Waals surface area contributed by atoms with Crippen LogP contribution in [0, 0.1) is 0 Å². The largest absolute Gasteiger partial charge is 0.412 e.